The molecule has 1 aliphatic rings. The van der Waals surface area contributed by atoms with Gasteiger partial charge in [-0.15, -0.1) is 0 Å². The van der Waals surface area contributed by atoms with Crippen molar-refractivity contribution in [1.82, 2.24) is 5.32 Å². The van der Waals surface area contributed by atoms with E-state index in [0.717, 1.165) is 0 Å². The smallest absolute Gasteiger partial charge is 0.486 e. The number of fused-ring (bicyclic) bond motifs is 1. The molecule has 148 valence electrons. The van der Waals surface area contributed by atoms with Gasteiger partial charge in [0.2, 0.25) is 0 Å². The third-order valence-corrected chi connectivity index (χ3v) is 3.99. The molecule has 28 heavy (non-hydrogen) atoms. The lowest BCUT2D eigenvalue weighted by Crippen LogP contribution is -2.28. The summed E-state index contributed by atoms with van der Waals surface area (Å²) in [5.74, 6) is 1.12. The highest BCUT2D eigenvalue weighted by atomic mass is 16.7. The molecule has 1 heterocycles. The maximum atomic E-state index is 12.2. The van der Waals surface area contributed by atoms with Gasteiger partial charge in [-0.1, -0.05) is 6.07 Å². The Morgan fingerprint density at radius 2 is 1.82 bits per heavy atom. The maximum Gasteiger partial charge on any atom is 0.513 e. The van der Waals surface area contributed by atoms with Crippen molar-refractivity contribution >= 4 is 12.1 Å². The molecule has 0 aromatic heterocycles. The van der Waals surface area contributed by atoms with Crippen LogP contribution in [0.4, 0.5) is 4.79 Å². The van der Waals surface area contributed by atoms with E-state index in [2.05, 4.69) is 10.1 Å². The molecule has 0 spiro atoms. The molecular formula is C20H21NO7. The Morgan fingerprint density at radius 1 is 1.11 bits per heavy atom. The zero-order chi connectivity index (χ0) is 19.9. The van der Waals surface area contributed by atoms with E-state index in [4.69, 9.17) is 14.2 Å². The van der Waals surface area contributed by atoms with Crippen LogP contribution in [0.2, 0.25) is 0 Å². The minimum atomic E-state index is -0.897. The Bertz CT molecular complexity index is 835. The molecule has 2 N–H and O–H groups in total. The van der Waals surface area contributed by atoms with Gasteiger partial charge >= 0.3 is 6.16 Å². The predicted octanol–water partition coefficient (Wildman–Crippen LogP) is 2.46. The van der Waals surface area contributed by atoms with Gasteiger partial charge in [-0.3, -0.25) is 4.79 Å². The predicted molar refractivity (Wildman–Crippen MR) is 98.8 cm³/mol. The van der Waals surface area contributed by atoms with Crippen molar-refractivity contribution in [3.63, 3.8) is 0 Å². The normalized spacial score (nSPS) is 13.4. The number of rotatable bonds is 6. The molecule has 0 radical (unpaired) electrons. The topological polar surface area (TPSA) is 103 Å². The van der Waals surface area contributed by atoms with Gasteiger partial charge in [-0.2, -0.15) is 0 Å². The highest BCUT2D eigenvalue weighted by molar-refractivity contribution is 5.94. The maximum absolute atomic E-state index is 12.2. The van der Waals surface area contributed by atoms with Crippen LogP contribution in [-0.4, -0.2) is 43.5 Å². The summed E-state index contributed by atoms with van der Waals surface area (Å²) in [6.07, 6.45) is -1.70. The molecule has 2 aromatic carbocycles. The van der Waals surface area contributed by atoms with Crippen LogP contribution in [0.5, 0.6) is 17.2 Å². The number of nitrogens with one attached hydrogen (secondary N) is 1. The number of benzene rings is 2. The Labute approximate surface area is 162 Å². The second-order valence-corrected chi connectivity index (χ2v) is 5.94. The van der Waals surface area contributed by atoms with Gasteiger partial charge in [0.1, 0.15) is 19.0 Å². The van der Waals surface area contributed by atoms with E-state index in [1.54, 1.807) is 25.1 Å². The van der Waals surface area contributed by atoms with Gasteiger partial charge in [0.25, 0.3) is 5.91 Å². The second kappa shape index (κ2) is 9.09. The fourth-order valence-corrected chi connectivity index (χ4v) is 2.59. The summed E-state index contributed by atoms with van der Waals surface area (Å²) in [6.45, 7) is 2.87. The first-order chi connectivity index (χ1) is 13.6. The molecule has 3 rings (SSSR count). The van der Waals surface area contributed by atoms with Crippen LogP contribution in [0.25, 0.3) is 0 Å². The van der Waals surface area contributed by atoms with Crippen LogP contribution in [0.15, 0.2) is 42.5 Å². The summed E-state index contributed by atoms with van der Waals surface area (Å²) in [6, 6.07) is 11.2. The lowest BCUT2D eigenvalue weighted by molar-refractivity contribution is 0.0916. The zero-order valence-electron chi connectivity index (χ0n) is 15.3. The third-order valence-electron chi connectivity index (χ3n) is 3.99. The fourth-order valence-electron chi connectivity index (χ4n) is 2.59. The lowest BCUT2D eigenvalue weighted by atomic mass is 10.1. The summed E-state index contributed by atoms with van der Waals surface area (Å²) < 4.78 is 20.6. The number of carbonyl (C=O) groups is 2. The number of hydrogen-bond acceptors (Lipinski definition) is 7. The quantitative estimate of drug-likeness (QED) is 0.580. The summed E-state index contributed by atoms with van der Waals surface area (Å²) >= 11 is 0. The van der Waals surface area contributed by atoms with E-state index in [0.29, 0.717) is 35.8 Å². The third kappa shape index (κ3) is 4.92. The molecule has 0 bridgehead atoms. The van der Waals surface area contributed by atoms with Gasteiger partial charge < -0.3 is 29.4 Å². The first-order valence-electron chi connectivity index (χ1n) is 8.87. The van der Waals surface area contributed by atoms with Crippen molar-refractivity contribution < 1.29 is 33.6 Å². The van der Waals surface area contributed by atoms with Crippen LogP contribution in [-0.2, 0) is 4.74 Å². The van der Waals surface area contributed by atoms with Crippen LogP contribution in [0.1, 0.15) is 28.9 Å². The molecule has 8 heteroatoms. The largest absolute Gasteiger partial charge is 0.513 e. The molecule has 0 aliphatic carbocycles. The van der Waals surface area contributed by atoms with E-state index in [-0.39, 0.29) is 24.8 Å². The highest BCUT2D eigenvalue weighted by Crippen LogP contribution is 2.32. The van der Waals surface area contributed by atoms with Crippen LogP contribution in [0.3, 0.4) is 0 Å². The summed E-state index contributed by atoms with van der Waals surface area (Å²) in [5, 5.41) is 13.0. The van der Waals surface area contributed by atoms with Gasteiger partial charge in [-0.25, -0.2) is 4.79 Å². The Kier molecular flexibility index (Phi) is 6.33. The van der Waals surface area contributed by atoms with E-state index in [1.807, 2.05) is 0 Å². The average Bonchev–Trinajstić information content (AvgIpc) is 2.72. The van der Waals surface area contributed by atoms with Gasteiger partial charge in [-0.05, 0) is 48.9 Å². The highest BCUT2D eigenvalue weighted by Gasteiger charge is 2.16. The number of aliphatic hydroxyl groups is 1. The first-order valence-corrected chi connectivity index (χ1v) is 8.87. The molecule has 0 saturated carbocycles. The lowest BCUT2D eigenvalue weighted by Gasteiger charge is -2.20. The SMILES string of the molecule is CCOC(=O)Oc1ccc(C(=O)NCC(O)c2ccc3c(c2)OCCO3)cc1. The Balaban J connectivity index is 1.54. The van der Waals surface area contributed by atoms with E-state index in [9.17, 15) is 14.7 Å². The van der Waals surface area contributed by atoms with E-state index >= 15 is 0 Å². The minimum Gasteiger partial charge on any atom is -0.486 e. The summed E-state index contributed by atoms with van der Waals surface area (Å²) in [5.41, 5.74) is 0.980. The van der Waals surface area contributed by atoms with E-state index in [1.165, 1.54) is 24.3 Å². The van der Waals surface area contributed by atoms with Crippen molar-refractivity contribution in [2.45, 2.75) is 13.0 Å². The van der Waals surface area contributed by atoms with Gasteiger partial charge in [0.15, 0.2) is 11.5 Å². The van der Waals surface area contributed by atoms with Crippen LogP contribution in [0, 0.1) is 0 Å². The van der Waals surface area contributed by atoms with E-state index < -0.39 is 12.3 Å². The van der Waals surface area contributed by atoms with Crippen molar-refractivity contribution in [1.29, 1.82) is 0 Å². The number of amides is 1. The molecule has 1 atom stereocenters. The fraction of sp³-hybridized carbons (Fsp3) is 0.300. The van der Waals surface area contributed by atoms with Crippen molar-refractivity contribution in [3.8, 4) is 17.2 Å². The first kappa shape index (κ1) is 19.5. The molecule has 1 amide bonds. The molecule has 8 nitrogen and oxygen atoms in total. The molecule has 1 unspecified atom stereocenters. The molecule has 0 saturated heterocycles. The standard InChI is InChI=1S/C20H21NO7/c1-2-25-20(24)28-15-6-3-13(4-7-15)19(23)21-12-16(22)14-5-8-17-18(11-14)27-10-9-26-17/h3-8,11,16,22H,2,9-10,12H2,1H3,(H,21,23). The van der Waals surface area contributed by atoms with Crippen molar-refractivity contribution in [2.75, 3.05) is 26.4 Å². The van der Waals surface area contributed by atoms with Gasteiger partial charge in [0.05, 0.1) is 12.7 Å². The molecule has 2 aromatic rings. The Hall–Kier alpha value is -3.26. The number of aliphatic hydroxyl groups excluding tert-OH is 1. The summed E-state index contributed by atoms with van der Waals surface area (Å²) in [7, 11) is 0. The molecular weight excluding hydrogens is 366 g/mol. The van der Waals surface area contributed by atoms with Crippen molar-refractivity contribution in [3.05, 3.63) is 53.6 Å². The van der Waals surface area contributed by atoms with Crippen LogP contribution >= 0.6 is 0 Å². The number of ether oxygens (including phenoxy) is 4. The second-order valence-electron chi connectivity index (χ2n) is 5.94. The summed E-state index contributed by atoms with van der Waals surface area (Å²) in [4.78, 5) is 23.5. The number of carbonyl (C=O) groups excluding carboxylic acids is 2. The van der Waals surface area contributed by atoms with Crippen LogP contribution < -0.4 is 19.5 Å². The minimum absolute atomic E-state index is 0.0273. The Morgan fingerprint density at radius 3 is 2.54 bits per heavy atom. The molecule has 1 aliphatic heterocycles. The number of hydrogen-bond donors (Lipinski definition) is 2. The zero-order valence-corrected chi connectivity index (χ0v) is 15.3. The van der Waals surface area contributed by atoms with Gasteiger partial charge in [0, 0.05) is 12.1 Å². The van der Waals surface area contributed by atoms with Crippen molar-refractivity contribution in [2.24, 2.45) is 0 Å². The average molecular weight is 387 g/mol. The molecule has 0 fully saturated rings. The monoisotopic (exact) mass is 387 g/mol.